The average Bonchev–Trinajstić information content (AvgIpc) is 3.28. The normalized spacial score (nSPS) is 15.6. The van der Waals surface area contributed by atoms with Crippen molar-refractivity contribution in [1.29, 1.82) is 0 Å². The highest BCUT2D eigenvalue weighted by atomic mass is 32.2. The van der Waals surface area contributed by atoms with Gasteiger partial charge >= 0.3 is 0 Å². The van der Waals surface area contributed by atoms with E-state index in [9.17, 15) is 13.2 Å². The second-order valence-corrected chi connectivity index (χ2v) is 10.4. The number of aromatic nitrogens is 2. The number of carbonyl (C=O) groups excluding carboxylic acids is 1. The Hall–Kier alpha value is -3.17. The van der Waals surface area contributed by atoms with Gasteiger partial charge in [-0.3, -0.25) is 4.79 Å². The summed E-state index contributed by atoms with van der Waals surface area (Å²) >= 11 is 0. The number of rotatable bonds is 7. The van der Waals surface area contributed by atoms with Gasteiger partial charge in [0.2, 0.25) is 10.0 Å². The smallest absolute Gasteiger partial charge is 0.252 e. The van der Waals surface area contributed by atoms with Gasteiger partial charge in [0.15, 0.2) is 0 Å². The van der Waals surface area contributed by atoms with Crippen molar-refractivity contribution >= 4 is 15.9 Å². The highest BCUT2D eigenvalue weighted by Crippen LogP contribution is 2.30. The predicted molar refractivity (Wildman–Crippen MR) is 129 cm³/mol. The average molecular weight is 483 g/mol. The van der Waals surface area contributed by atoms with Gasteiger partial charge in [0.25, 0.3) is 5.91 Å². The molecule has 4 rings (SSSR count). The first kappa shape index (κ1) is 24.0. The molecule has 1 aliphatic heterocycles. The van der Waals surface area contributed by atoms with Crippen LogP contribution in [0.2, 0.25) is 0 Å². The van der Waals surface area contributed by atoms with E-state index in [0.29, 0.717) is 30.2 Å². The molecule has 1 fully saturated rings. The number of methoxy groups -OCH3 is 1. The Bertz CT molecular complexity index is 1280. The fourth-order valence-electron chi connectivity index (χ4n) is 4.32. The third-order valence-corrected chi connectivity index (χ3v) is 8.27. The number of amides is 1. The topological polar surface area (TPSA) is 93.5 Å². The van der Waals surface area contributed by atoms with Crippen LogP contribution in [0.5, 0.6) is 5.75 Å². The van der Waals surface area contributed by atoms with Crippen LogP contribution in [-0.4, -0.2) is 48.4 Å². The van der Waals surface area contributed by atoms with Gasteiger partial charge in [-0.2, -0.15) is 4.31 Å². The van der Waals surface area contributed by atoms with Crippen molar-refractivity contribution in [2.45, 2.75) is 37.1 Å². The Morgan fingerprint density at radius 3 is 2.53 bits per heavy atom. The van der Waals surface area contributed by atoms with Gasteiger partial charge in [-0.25, -0.2) is 13.4 Å². The Labute approximate surface area is 200 Å². The van der Waals surface area contributed by atoms with Crippen molar-refractivity contribution in [1.82, 2.24) is 19.2 Å². The summed E-state index contributed by atoms with van der Waals surface area (Å²) in [6.45, 7) is 2.77. The molecular weight excluding hydrogens is 452 g/mol. The van der Waals surface area contributed by atoms with Gasteiger partial charge < -0.3 is 14.6 Å². The van der Waals surface area contributed by atoms with Crippen molar-refractivity contribution in [3.8, 4) is 5.75 Å². The largest absolute Gasteiger partial charge is 0.496 e. The minimum Gasteiger partial charge on any atom is -0.496 e. The van der Waals surface area contributed by atoms with Crippen molar-refractivity contribution in [3.63, 3.8) is 0 Å². The Kier molecular flexibility index (Phi) is 7.04. The van der Waals surface area contributed by atoms with Crippen LogP contribution in [0, 0.1) is 6.92 Å². The van der Waals surface area contributed by atoms with Gasteiger partial charge in [0.05, 0.1) is 12.0 Å². The van der Waals surface area contributed by atoms with E-state index in [1.165, 1.54) is 10.4 Å². The molecular formula is C25H30N4O4S. The summed E-state index contributed by atoms with van der Waals surface area (Å²) in [5.41, 5.74) is 1.64. The number of para-hydroxylation sites is 1. The van der Waals surface area contributed by atoms with E-state index in [-0.39, 0.29) is 10.5 Å². The number of hydrogen-bond acceptors (Lipinski definition) is 5. The molecule has 0 radical (unpaired) electrons. The third kappa shape index (κ3) is 4.71. The molecule has 0 unspecified atom stereocenters. The predicted octanol–water partition coefficient (Wildman–Crippen LogP) is 3.43. The SMILES string of the molecule is COc1ccccc1[C@H](NC(=O)c1ccc(C)c(S(=O)(=O)N2CCCCC2)c1)c1nccn1C. The minimum absolute atomic E-state index is 0.174. The highest BCUT2D eigenvalue weighted by Gasteiger charge is 2.29. The molecule has 1 amide bonds. The maximum atomic E-state index is 13.4. The zero-order chi connectivity index (χ0) is 24.3. The molecule has 0 bridgehead atoms. The summed E-state index contributed by atoms with van der Waals surface area (Å²) in [4.78, 5) is 18.0. The van der Waals surface area contributed by atoms with Gasteiger partial charge in [-0.05, 0) is 43.5 Å². The van der Waals surface area contributed by atoms with E-state index < -0.39 is 22.0 Å². The summed E-state index contributed by atoms with van der Waals surface area (Å²) in [5.74, 6) is 0.855. The first-order valence-corrected chi connectivity index (χ1v) is 12.8. The number of imidazole rings is 1. The lowest BCUT2D eigenvalue weighted by molar-refractivity contribution is 0.0940. The number of nitrogens with one attached hydrogen (secondary N) is 1. The van der Waals surface area contributed by atoms with Gasteiger partial charge in [0.1, 0.15) is 17.6 Å². The third-order valence-electron chi connectivity index (χ3n) is 6.23. The van der Waals surface area contributed by atoms with Gasteiger partial charge in [0, 0.05) is 43.7 Å². The minimum atomic E-state index is -3.67. The van der Waals surface area contributed by atoms with Crippen LogP contribution in [0.1, 0.15) is 52.6 Å². The van der Waals surface area contributed by atoms with Crippen LogP contribution in [0.3, 0.4) is 0 Å². The Balaban J connectivity index is 1.69. The zero-order valence-corrected chi connectivity index (χ0v) is 20.5. The van der Waals surface area contributed by atoms with Gasteiger partial charge in [-0.1, -0.05) is 30.7 Å². The standard InChI is InChI=1S/C25H30N4O4S/c1-18-11-12-19(17-22(18)34(31,32)29-14-7-4-8-15-29)25(30)27-23(24-26-13-16-28(24)2)20-9-5-6-10-21(20)33-3/h5-6,9-13,16-17,23H,4,7-8,14-15H2,1-3H3,(H,27,30)/t23-/m0/s1. The molecule has 1 saturated heterocycles. The summed E-state index contributed by atoms with van der Waals surface area (Å²) in [6, 6.07) is 11.7. The van der Waals surface area contributed by atoms with Gasteiger partial charge in [-0.15, -0.1) is 0 Å². The number of hydrogen-bond donors (Lipinski definition) is 1. The van der Waals surface area contributed by atoms with Crippen LogP contribution in [0.25, 0.3) is 0 Å². The molecule has 8 nitrogen and oxygen atoms in total. The molecule has 1 N–H and O–H groups in total. The van der Waals surface area contributed by atoms with Crippen LogP contribution < -0.4 is 10.1 Å². The molecule has 0 spiro atoms. The van der Waals surface area contributed by atoms with Crippen LogP contribution in [0.15, 0.2) is 59.8 Å². The number of sulfonamides is 1. The maximum absolute atomic E-state index is 13.4. The second-order valence-electron chi connectivity index (χ2n) is 8.49. The van der Waals surface area contributed by atoms with E-state index in [2.05, 4.69) is 10.3 Å². The molecule has 2 heterocycles. The summed E-state index contributed by atoms with van der Waals surface area (Å²) in [7, 11) is -0.243. The molecule has 3 aromatic rings. The van der Waals surface area contributed by atoms with Crippen LogP contribution in [-0.2, 0) is 17.1 Å². The molecule has 0 saturated carbocycles. The number of ether oxygens (including phenoxy) is 1. The van der Waals surface area contributed by atoms with E-state index >= 15 is 0 Å². The number of piperidine rings is 1. The fraction of sp³-hybridized carbons (Fsp3) is 0.360. The van der Waals surface area contributed by atoms with Crippen molar-refractivity contribution in [3.05, 3.63) is 77.4 Å². The Morgan fingerprint density at radius 1 is 1.12 bits per heavy atom. The zero-order valence-electron chi connectivity index (χ0n) is 19.7. The molecule has 34 heavy (non-hydrogen) atoms. The molecule has 1 atom stereocenters. The summed E-state index contributed by atoms with van der Waals surface area (Å²) in [6.07, 6.45) is 6.20. The lowest BCUT2D eigenvalue weighted by Gasteiger charge is -2.27. The van der Waals surface area contributed by atoms with Crippen LogP contribution in [0.4, 0.5) is 0 Å². The van der Waals surface area contributed by atoms with Crippen molar-refractivity contribution in [2.24, 2.45) is 7.05 Å². The number of aryl methyl sites for hydroxylation is 2. The lowest BCUT2D eigenvalue weighted by Crippen LogP contribution is -2.36. The number of nitrogens with zero attached hydrogens (tertiary/aromatic N) is 3. The van der Waals surface area contributed by atoms with E-state index in [0.717, 1.165) is 24.8 Å². The maximum Gasteiger partial charge on any atom is 0.252 e. The summed E-state index contributed by atoms with van der Waals surface area (Å²) < 4.78 is 35.5. The fourth-order valence-corrected chi connectivity index (χ4v) is 6.09. The second kappa shape index (κ2) is 9.99. The quantitative estimate of drug-likeness (QED) is 0.557. The Morgan fingerprint density at radius 2 is 1.85 bits per heavy atom. The number of carbonyl (C=O) groups is 1. The van der Waals surface area contributed by atoms with Crippen molar-refractivity contribution < 1.29 is 17.9 Å². The lowest BCUT2D eigenvalue weighted by atomic mass is 10.0. The van der Waals surface area contributed by atoms with Crippen molar-refractivity contribution in [2.75, 3.05) is 20.2 Å². The van der Waals surface area contributed by atoms with E-state index in [1.54, 1.807) is 38.6 Å². The summed E-state index contributed by atoms with van der Waals surface area (Å²) in [5, 5.41) is 3.03. The molecule has 1 aliphatic rings. The van der Waals surface area contributed by atoms with E-state index in [4.69, 9.17) is 4.74 Å². The monoisotopic (exact) mass is 482 g/mol. The van der Waals surface area contributed by atoms with Crippen LogP contribution >= 0.6 is 0 Å². The molecule has 1 aromatic heterocycles. The van der Waals surface area contributed by atoms with E-state index in [1.807, 2.05) is 35.9 Å². The first-order chi connectivity index (χ1) is 16.3. The molecule has 0 aliphatic carbocycles. The first-order valence-electron chi connectivity index (χ1n) is 11.3. The molecule has 9 heteroatoms. The number of benzene rings is 2. The molecule has 2 aromatic carbocycles. The highest BCUT2D eigenvalue weighted by molar-refractivity contribution is 7.89. The molecule has 180 valence electrons.